The second-order valence-electron chi connectivity index (χ2n) is 5.50. The highest BCUT2D eigenvalue weighted by molar-refractivity contribution is 4.97. The van der Waals surface area contributed by atoms with Gasteiger partial charge in [-0.25, -0.2) is 0 Å². The molecule has 0 aliphatic heterocycles. The Bertz CT molecular complexity index is 185. The topological polar surface area (TPSA) is 32.3 Å². The van der Waals surface area contributed by atoms with Gasteiger partial charge in [0, 0.05) is 12.6 Å². The van der Waals surface area contributed by atoms with Crippen LogP contribution in [0.2, 0.25) is 0 Å². The molecule has 0 saturated heterocycles. The van der Waals surface area contributed by atoms with Crippen molar-refractivity contribution in [2.75, 3.05) is 6.54 Å². The Balaban J connectivity index is 2.25. The first-order valence-corrected chi connectivity index (χ1v) is 5.85. The summed E-state index contributed by atoms with van der Waals surface area (Å²) in [4.78, 5) is 0. The van der Waals surface area contributed by atoms with Crippen LogP contribution in [0.1, 0.15) is 53.4 Å². The van der Waals surface area contributed by atoms with Gasteiger partial charge in [-0.2, -0.15) is 0 Å². The molecule has 0 amide bonds. The van der Waals surface area contributed by atoms with Crippen LogP contribution < -0.4 is 5.32 Å². The van der Waals surface area contributed by atoms with Crippen molar-refractivity contribution in [1.82, 2.24) is 5.32 Å². The van der Waals surface area contributed by atoms with Crippen LogP contribution in [0.5, 0.6) is 0 Å². The van der Waals surface area contributed by atoms with E-state index in [0.29, 0.717) is 11.5 Å². The normalized spacial score (nSPS) is 25.5. The lowest BCUT2D eigenvalue weighted by atomic mass is 9.97. The molecule has 1 saturated carbocycles. The number of aliphatic hydroxyl groups is 1. The van der Waals surface area contributed by atoms with Crippen LogP contribution in [-0.2, 0) is 0 Å². The van der Waals surface area contributed by atoms with Crippen LogP contribution in [0.25, 0.3) is 0 Å². The predicted octanol–water partition coefficient (Wildman–Crippen LogP) is 2.32. The second kappa shape index (κ2) is 4.19. The van der Waals surface area contributed by atoms with Crippen LogP contribution in [0.15, 0.2) is 0 Å². The average Bonchev–Trinajstić information content (AvgIpc) is 2.81. The van der Waals surface area contributed by atoms with E-state index >= 15 is 0 Å². The first-order valence-electron chi connectivity index (χ1n) is 5.85. The Kier molecular flexibility index (Phi) is 3.59. The van der Waals surface area contributed by atoms with Gasteiger partial charge in [0.2, 0.25) is 0 Å². The third-order valence-corrected chi connectivity index (χ3v) is 3.66. The zero-order chi connectivity index (χ0) is 10.8. The van der Waals surface area contributed by atoms with Crippen molar-refractivity contribution in [3.8, 4) is 0 Å². The molecule has 0 aromatic carbocycles. The summed E-state index contributed by atoms with van der Waals surface area (Å²) in [6.07, 6.45) is 4.58. The maximum atomic E-state index is 9.99. The lowest BCUT2D eigenvalue weighted by molar-refractivity contribution is 0.0453. The van der Waals surface area contributed by atoms with Crippen molar-refractivity contribution in [3.63, 3.8) is 0 Å². The fourth-order valence-electron chi connectivity index (χ4n) is 1.88. The molecule has 1 aliphatic rings. The van der Waals surface area contributed by atoms with E-state index in [9.17, 15) is 5.11 Å². The Morgan fingerprint density at radius 3 is 2.50 bits per heavy atom. The number of rotatable bonds is 6. The lowest BCUT2D eigenvalue weighted by Gasteiger charge is -2.28. The van der Waals surface area contributed by atoms with E-state index in [-0.39, 0.29) is 0 Å². The molecule has 0 bridgehead atoms. The van der Waals surface area contributed by atoms with E-state index in [2.05, 4.69) is 26.1 Å². The summed E-state index contributed by atoms with van der Waals surface area (Å²) >= 11 is 0. The first kappa shape index (κ1) is 12.0. The van der Waals surface area contributed by atoms with Gasteiger partial charge in [0.25, 0.3) is 0 Å². The summed E-state index contributed by atoms with van der Waals surface area (Å²) in [6.45, 7) is 9.30. The minimum atomic E-state index is -0.533. The molecular weight excluding hydrogens is 174 g/mol. The SMILES string of the molecule is CCCC(C)(O)CNC(C)C1(C)CC1. The zero-order valence-corrected chi connectivity index (χ0v) is 10.1. The van der Waals surface area contributed by atoms with E-state index in [1.807, 2.05) is 6.92 Å². The van der Waals surface area contributed by atoms with Crippen molar-refractivity contribution < 1.29 is 5.11 Å². The van der Waals surface area contributed by atoms with Gasteiger partial charge in [0.05, 0.1) is 5.60 Å². The van der Waals surface area contributed by atoms with Gasteiger partial charge in [0.15, 0.2) is 0 Å². The number of hydrogen-bond acceptors (Lipinski definition) is 2. The van der Waals surface area contributed by atoms with Gasteiger partial charge >= 0.3 is 0 Å². The monoisotopic (exact) mass is 199 g/mol. The molecule has 1 aliphatic carbocycles. The van der Waals surface area contributed by atoms with Gasteiger partial charge in [0.1, 0.15) is 0 Å². The van der Waals surface area contributed by atoms with Crippen LogP contribution in [-0.4, -0.2) is 23.3 Å². The molecule has 84 valence electrons. The van der Waals surface area contributed by atoms with Gasteiger partial charge in [-0.05, 0) is 38.5 Å². The van der Waals surface area contributed by atoms with E-state index in [4.69, 9.17) is 0 Å². The van der Waals surface area contributed by atoms with Gasteiger partial charge in [-0.1, -0.05) is 20.3 Å². The minimum Gasteiger partial charge on any atom is -0.389 e. The van der Waals surface area contributed by atoms with Crippen molar-refractivity contribution in [1.29, 1.82) is 0 Å². The number of nitrogens with one attached hydrogen (secondary N) is 1. The summed E-state index contributed by atoms with van der Waals surface area (Å²) in [5, 5.41) is 13.4. The van der Waals surface area contributed by atoms with Gasteiger partial charge in [-0.15, -0.1) is 0 Å². The van der Waals surface area contributed by atoms with E-state index in [1.54, 1.807) is 0 Å². The summed E-state index contributed by atoms with van der Waals surface area (Å²) in [6, 6.07) is 0.533. The lowest BCUT2D eigenvalue weighted by Crippen LogP contribution is -2.44. The highest BCUT2D eigenvalue weighted by Gasteiger charge is 2.42. The fraction of sp³-hybridized carbons (Fsp3) is 1.00. The molecule has 2 heteroatoms. The highest BCUT2D eigenvalue weighted by atomic mass is 16.3. The molecule has 0 aromatic heterocycles. The molecule has 0 heterocycles. The molecular formula is C12H25NO. The highest BCUT2D eigenvalue weighted by Crippen LogP contribution is 2.47. The quantitative estimate of drug-likeness (QED) is 0.688. The predicted molar refractivity (Wildman–Crippen MR) is 60.3 cm³/mol. The minimum absolute atomic E-state index is 0.502. The molecule has 2 atom stereocenters. The Labute approximate surface area is 88.1 Å². The molecule has 0 aromatic rings. The molecule has 2 nitrogen and oxygen atoms in total. The second-order valence-corrected chi connectivity index (χ2v) is 5.50. The van der Waals surface area contributed by atoms with Gasteiger partial charge < -0.3 is 10.4 Å². The van der Waals surface area contributed by atoms with Crippen LogP contribution in [0, 0.1) is 5.41 Å². The summed E-state index contributed by atoms with van der Waals surface area (Å²) in [7, 11) is 0. The van der Waals surface area contributed by atoms with Crippen LogP contribution in [0.3, 0.4) is 0 Å². The summed E-state index contributed by atoms with van der Waals surface area (Å²) in [5.41, 5.74) is -0.0312. The Morgan fingerprint density at radius 2 is 2.07 bits per heavy atom. The summed E-state index contributed by atoms with van der Waals surface area (Å²) < 4.78 is 0. The number of hydrogen-bond donors (Lipinski definition) is 2. The third kappa shape index (κ3) is 3.25. The molecule has 2 N–H and O–H groups in total. The van der Waals surface area contributed by atoms with Crippen molar-refractivity contribution in [2.45, 2.75) is 65.0 Å². The molecule has 0 radical (unpaired) electrons. The maximum Gasteiger partial charge on any atom is 0.0743 e. The van der Waals surface area contributed by atoms with Crippen molar-refractivity contribution in [2.24, 2.45) is 5.41 Å². The van der Waals surface area contributed by atoms with Crippen molar-refractivity contribution in [3.05, 3.63) is 0 Å². The average molecular weight is 199 g/mol. The van der Waals surface area contributed by atoms with Crippen LogP contribution >= 0.6 is 0 Å². The molecule has 1 fully saturated rings. The molecule has 1 rings (SSSR count). The van der Waals surface area contributed by atoms with Gasteiger partial charge in [-0.3, -0.25) is 0 Å². The summed E-state index contributed by atoms with van der Waals surface area (Å²) in [5.74, 6) is 0. The van der Waals surface area contributed by atoms with E-state index in [1.165, 1.54) is 12.8 Å². The van der Waals surface area contributed by atoms with Crippen LogP contribution in [0.4, 0.5) is 0 Å². The molecule has 2 unspecified atom stereocenters. The smallest absolute Gasteiger partial charge is 0.0743 e. The van der Waals surface area contributed by atoms with Crippen molar-refractivity contribution >= 4 is 0 Å². The van der Waals surface area contributed by atoms with E-state index < -0.39 is 5.60 Å². The Hall–Kier alpha value is -0.0800. The Morgan fingerprint density at radius 1 is 1.50 bits per heavy atom. The third-order valence-electron chi connectivity index (χ3n) is 3.66. The standard InChI is InChI=1S/C12H25NO/c1-5-6-12(4,14)9-13-10(2)11(3)7-8-11/h10,13-14H,5-9H2,1-4H3. The van der Waals surface area contributed by atoms with E-state index in [0.717, 1.165) is 19.4 Å². The first-order chi connectivity index (χ1) is 6.40. The largest absolute Gasteiger partial charge is 0.389 e. The zero-order valence-electron chi connectivity index (χ0n) is 10.1. The molecule has 0 spiro atoms. The molecule has 14 heavy (non-hydrogen) atoms. The maximum absolute atomic E-state index is 9.99. The fourth-order valence-corrected chi connectivity index (χ4v) is 1.88.